The third kappa shape index (κ3) is 9.48. The summed E-state index contributed by atoms with van der Waals surface area (Å²) in [6.45, 7) is 3.13. The molecule has 0 radical (unpaired) electrons. The zero-order valence-corrected chi connectivity index (χ0v) is 25.2. The molecule has 3 aromatic rings. The van der Waals surface area contributed by atoms with Crippen molar-refractivity contribution in [1.82, 2.24) is 9.21 Å². The minimum absolute atomic E-state index is 0.169. The number of carbonyl (C=O) groups excluding carboxylic acids is 1. The number of methoxy groups -OCH3 is 3. The normalized spacial score (nSPS) is 11.7. The van der Waals surface area contributed by atoms with Crippen LogP contribution in [0, 0.1) is 6.92 Å². The first-order valence-electron chi connectivity index (χ1n) is 13.0. The van der Waals surface area contributed by atoms with Crippen LogP contribution >= 0.6 is 11.3 Å². The lowest BCUT2D eigenvalue weighted by molar-refractivity contribution is -0.132. The molecule has 216 valence electrons. The van der Waals surface area contributed by atoms with Crippen molar-refractivity contribution in [2.45, 2.75) is 26.3 Å². The Kier molecular flexibility index (Phi) is 12.2. The second-order valence-electron chi connectivity index (χ2n) is 9.21. The van der Waals surface area contributed by atoms with Gasteiger partial charge in [-0.1, -0.05) is 36.4 Å². The Hall–Kier alpha value is -3.18. The number of benzene rings is 2. The second-order valence-corrected chi connectivity index (χ2v) is 12.4. The number of ether oxygens (including phenoxy) is 3. The fourth-order valence-corrected chi connectivity index (χ4v) is 6.18. The minimum Gasteiger partial charge on any atom is -0.493 e. The van der Waals surface area contributed by atoms with Crippen molar-refractivity contribution in [1.29, 1.82) is 0 Å². The van der Waals surface area contributed by atoms with Crippen LogP contribution in [0.3, 0.4) is 0 Å². The maximum atomic E-state index is 13.7. The van der Waals surface area contributed by atoms with Crippen LogP contribution in [0.5, 0.6) is 11.5 Å². The molecule has 0 fully saturated rings. The quantitative estimate of drug-likeness (QED) is 0.220. The van der Waals surface area contributed by atoms with Crippen LogP contribution in [-0.2, 0) is 32.5 Å². The first-order chi connectivity index (χ1) is 19.2. The summed E-state index contributed by atoms with van der Waals surface area (Å²) in [6, 6.07) is 18.9. The van der Waals surface area contributed by atoms with Crippen LogP contribution in [0.15, 0.2) is 66.1 Å². The monoisotopic (exact) mass is 586 g/mol. The highest BCUT2D eigenvalue weighted by Crippen LogP contribution is 2.28. The second kappa shape index (κ2) is 15.6. The summed E-state index contributed by atoms with van der Waals surface area (Å²) in [5, 5.41) is 1.17. The summed E-state index contributed by atoms with van der Waals surface area (Å²) in [5.41, 5.74) is 1.74. The molecular formula is C30H38N2O6S2. The SMILES string of the molecule is COCCCN(CC(=O)N(CCc1ccc(OC)c(OC)c1)Cc1ccc(C)s1)S(=O)(=O)/C=C/c1ccccc1. The van der Waals surface area contributed by atoms with Gasteiger partial charge in [0.1, 0.15) is 0 Å². The van der Waals surface area contributed by atoms with E-state index in [1.807, 2.05) is 67.6 Å². The number of hydrogen-bond acceptors (Lipinski definition) is 7. The van der Waals surface area contributed by atoms with E-state index in [0.717, 1.165) is 20.9 Å². The van der Waals surface area contributed by atoms with Gasteiger partial charge in [0.05, 0.1) is 27.3 Å². The summed E-state index contributed by atoms with van der Waals surface area (Å²) in [4.78, 5) is 17.6. The van der Waals surface area contributed by atoms with Gasteiger partial charge < -0.3 is 19.1 Å². The van der Waals surface area contributed by atoms with Gasteiger partial charge in [0, 0.05) is 42.0 Å². The van der Waals surface area contributed by atoms with E-state index in [4.69, 9.17) is 14.2 Å². The Bertz CT molecular complexity index is 1360. The molecule has 0 aliphatic carbocycles. The predicted molar refractivity (Wildman–Crippen MR) is 160 cm³/mol. The summed E-state index contributed by atoms with van der Waals surface area (Å²) in [6.07, 6.45) is 2.59. The molecule has 10 heteroatoms. The smallest absolute Gasteiger partial charge is 0.238 e. The molecule has 0 unspecified atom stereocenters. The van der Waals surface area contributed by atoms with Gasteiger partial charge >= 0.3 is 0 Å². The van der Waals surface area contributed by atoms with E-state index in [9.17, 15) is 13.2 Å². The highest BCUT2D eigenvalue weighted by Gasteiger charge is 2.25. The highest BCUT2D eigenvalue weighted by molar-refractivity contribution is 7.92. The van der Waals surface area contributed by atoms with Crippen LogP contribution in [-0.4, -0.2) is 71.1 Å². The van der Waals surface area contributed by atoms with Crippen molar-refractivity contribution in [2.75, 3.05) is 47.6 Å². The molecule has 0 spiro atoms. The average molecular weight is 587 g/mol. The molecule has 1 heterocycles. The van der Waals surface area contributed by atoms with Gasteiger partial charge in [-0.25, -0.2) is 8.42 Å². The number of nitrogens with zero attached hydrogens (tertiary/aromatic N) is 2. The molecule has 0 N–H and O–H groups in total. The predicted octanol–water partition coefficient (Wildman–Crippen LogP) is 4.98. The molecule has 0 saturated heterocycles. The van der Waals surface area contributed by atoms with Crippen LogP contribution in [0.4, 0.5) is 0 Å². The number of thiophene rings is 1. The lowest BCUT2D eigenvalue weighted by Crippen LogP contribution is -2.43. The Morgan fingerprint density at radius 2 is 1.70 bits per heavy atom. The molecule has 8 nitrogen and oxygen atoms in total. The van der Waals surface area contributed by atoms with E-state index >= 15 is 0 Å². The Labute approximate surface area is 241 Å². The van der Waals surface area contributed by atoms with Gasteiger partial charge in [-0.2, -0.15) is 4.31 Å². The third-order valence-corrected chi connectivity index (χ3v) is 8.77. The van der Waals surface area contributed by atoms with E-state index in [0.29, 0.717) is 44.0 Å². The summed E-state index contributed by atoms with van der Waals surface area (Å²) >= 11 is 1.62. The van der Waals surface area contributed by atoms with Gasteiger partial charge in [0.15, 0.2) is 11.5 Å². The molecule has 0 aliphatic heterocycles. The molecule has 0 bridgehead atoms. The molecule has 1 amide bonds. The number of aryl methyl sites for hydroxylation is 1. The standard InChI is InChI=1S/C30H38N2O6S2/c1-24-11-13-27(39-24)22-31(18-15-26-12-14-28(37-3)29(21-26)38-4)30(33)23-32(17-8-19-36-2)40(34,35)20-16-25-9-6-5-7-10-25/h5-7,9-14,16,20-21H,8,15,17-19,22-23H2,1-4H3/b20-16+. The summed E-state index contributed by atoms with van der Waals surface area (Å²) in [5.74, 6) is 0.988. The van der Waals surface area contributed by atoms with Crippen molar-refractivity contribution < 1.29 is 27.4 Å². The van der Waals surface area contributed by atoms with Crippen LogP contribution < -0.4 is 9.47 Å². The van der Waals surface area contributed by atoms with Crippen LogP contribution in [0.25, 0.3) is 6.08 Å². The average Bonchev–Trinajstić information content (AvgIpc) is 3.38. The fourth-order valence-electron chi connectivity index (χ4n) is 4.10. The molecule has 0 aliphatic rings. The van der Waals surface area contributed by atoms with Gasteiger partial charge in [-0.3, -0.25) is 4.79 Å². The van der Waals surface area contributed by atoms with E-state index in [1.54, 1.807) is 43.6 Å². The number of sulfonamides is 1. The molecule has 0 atom stereocenters. The van der Waals surface area contributed by atoms with E-state index < -0.39 is 10.0 Å². The molecule has 3 rings (SSSR count). The van der Waals surface area contributed by atoms with Crippen molar-refractivity contribution in [3.8, 4) is 11.5 Å². The minimum atomic E-state index is -3.86. The fraction of sp³-hybridized carbons (Fsp3) is 0.367. The van der Waals surface area contributed by atoms with Gasteiger partial charge in [0.25, 0.3) is 0 Å². The van der Waals surface area contributed by atoms with Crippen molar-refractivity contribution in [2.24, 2.45) is 0 Å². The molecule has 2 aromatic carbocycles. The van der Waals surface area contributed by atoms with Crippen molar-refractivity contribution in [3.63, 3.8) is 0 Å². The number of hydrogen-bond donors (Lipinski definition) is 0. The molecular weight excluding hydrogens is 548 g/mol. The Morgan fingerprint density at radius 1 is 0.950 bits per heavy atom. The summed E-state index contributed by atoms with van der Waals surface area (Å²) in [7, 11) is 0.878. The largest absolute Gasteiger partial charge is 0.493 e. The number of carbonyl (C=O) groups is 1. The zero-order chi connectivity index (χ0) is 29.0. The van der Waals surface area contributed by atoms with E-state index in [1.165, 1.54) is 9.71 Å². The Morgan fingerprint density at radius 3 is 2.35 bits per heavy atom. The van der Waals surface area contributed by atoms with Crippen molar-refractivity contribution in [3.05, 3.63) is 87.0 Å². The summed E-state index contributed by atoms with van der Waals surface area (Å²) < 4.78 is 43.8. The topological polar surface area (TPSA) is 85.4 Å². The maximum absolute atomic E-state index is 13.7. The lowest BCUT2D eigenvalue weighted by Gasteiger charge is -2.26. The molecule has 40 heavy (non-hydrogen) atoms. The third-order valence-electron chi connectivity index (χ3n) is 6.27. The van der Waals surface area contributed by atoms with Gasteiger partial charge in [-0.15, -0.1) is 11.3 Å². The van der Waals surface area contributed by atoms with Crippen molar-refractivity contribution >= 4 is 33.3 Å². The van der Waals surface area contributed by atoms with Crippen LogP contribution in [0.1, 0.15) is 27.3 Å². The van der Waals surface area contributed by atoms with E-state index in [2.05, 4.69) is 0 Å². The van der Waals surface area contributed by atoms with Gasteiger partial charge in [0.2, 0.25) is 15.9 Å². The van der Waals surface area contributed by atoms with E-state index in [-0.39, 0.29) is 19.0 Å². The first kappa shape index (κ1) is 31.3. The molecule has 0 saturated carbocycles. The molecule has 1 aromatic heterocycles. The zero-order valence-electron chi connectivity index (χ0n) is 23.5. The number of rotatable bonds is 16. The first-order valence-corrected chi connectivity index (χ1v) is 15.3. The number of amides is 1. The maximum Gasteiger partial charge on any atom is 0.238 e. The van der Waals surface area contributed by atoms with Gasteiger partial charge in [-0.05, 0) is 61.2 Å². The van der Waals surface area contributed by atoms with Crippen LogP contribution in [0.2, 0.25) is 0 Å². The lowest BCUT2D eigenvalue weighted by atomic mass is 10.1. The Balaban J connectivity index is 1.81. The highest BCUT2D eigenvalue weighted by atomic mass is 32.2.